The average molecular weight is 332 g/mol. The van der Waals surface area contributed by atoms with Gasteiger partial charge in [0.25, 0.3) is 0 Å². The van der Waals surface area contributed by atoms with Crippen molar-refractivity contribution >= 4 is 21.8 Å². The number of nitrogens with one attached hydrogen (secondary N) is 1. The number of thioether (sulfide) groups is 1. The Bertz CT molecular complexity index is 581. The summed E-state index contributed by atoms with van der Waals surface area (Å²) in [7, 11) is -3.46. The van der Waals surface area contributed by atoms with Crippen LogP contribution in [0.3, 0.4) is 0 Å². The lowest BCUT2D eigenvalue weighted by molar-refractivity contribution is 0.550. The Balaban J connectivity index is 2.16. The summed E-state index contributed by atoms with van der Waals surface area (Å²) >= 11 is 1.82. The number of hydrogen-bond acceptors (Lipinski definition) is 4. The smallest absolute Gasteiger partial charge is 0.242 e. The average Bonchev–Trinajstić information content (AvgIpc) is 3.04. The van der Waals surface area contributed by atoms with E-state index in [9.17, 15) is 8.42 Å². The fourth-order valence-electron chi connectivity index (χ4n) is 2.84. The SMILES string of the molecule is CSC1CCC(NS(=O)(=O)c2cc(CN)n(C(C)C)c2)C1. The van der Waals surface area contributed by atoms with Gasteiger partial charge < -0.3 is 10.3 Å². The second kappa shape index (κ2) is 6.73. The van der Waals surface area contributed by atoms with Crippen LogP contribution in [0.4, 0.5) is 0 Å². The minimum atomic E-state index is -3.46. The number of nitrogens with two attached hydrogens (primary N) is 1. The van der Waals surface area contributed by atoms with Crippen LogP contribution in [0.25, 0.3) is 0 Å². The Morgan fingerprint density at radius 2 is 2.19 bits per heavy atom. The van der Waals surface area contributed by atoms with Crippen LogP contribution in [-0.4, -0.2) is 30.5 Å². The number of rotatable bonds is 6. The highest BCUT2D eigenvalue weighted by atomic mass is 32.2. The van der Waals surface area contributed by atoms with Crippen LogP contribution in [0.15, 0.2) is 17.2 Å². The Labute approximate surface area is 131 Å². The van der Waals surface area contributed by atoms with E-state index in [0.717, 1.165) is 25.0 Å². The predicted molar refractivity (Wildman–Crippen MR) is 88.0 cm³/mol. The van der Waals surface area contributed by atoms with Crippen molar-refractivity contribution in [2.75, 3.05) is 6.26 Å². The number of hydrogen-bond donors (Lipinski definition) is 2. The van der Waals surface area contributed by atoms with Gasteiger partial charge in [0.05, 0.1) is 4.90 Å². The van der Waals surface area contributed by atoms with Crippen LogP contribution in [0.1, 0.15) is 44.8 Å². The van der Waals surface area contributed by atoms with Crippen molar-refractivity contribution in [3.63, 3.8) is 0 Å². The van der Waals surface area contributed by atoms with E-state index < -0.39 is 10.0 Å². The molecule has 0 aliphatic heterocycles. The van der Waals surface area contributed by atoms with Crippen LogP contribution in [0.2, 0.25) is 0 Å². The molecule has 1 aromatic rings. The van der Waals surface area contributed by atoms with Gasteiger partial charge in [0.15, 0.2) is 0 Å². The maximum Gasteiger partial charge on any atom is 0.242 e. The number of nitrogens with zero attached hydrogens (tertiary/aromatic N) is 1. The van der Waals surface area contributed by atoms with Crippen molar-refractivity contribution in [2.24, 2.45) is 5.73 Å². The molecular formula is C14H25N3O2S2. The van der Waals surface area contributed by atoms with E-state index in [1.54, 1.807) is 12.3 Å². The molecule has 120 valence electrons. The quantitative estimate of drug-likeness (QED) is 0.837. The number of aromatic nitrogens is 1. The summed E-state index contributed by atoms with van der Waals surface area (Å²) in [6, 6.07) is 1.93. The Morgan fingerprint density at radius 1 is 1.48 bits per heavy atom. The molecule has 0 amide bonds. The van der Waals surface area contributed by atoms with Crippen molar-refractivity contribution < 1.29 is 8.42 Å². The molecule has 1 aromatic heterocycles. The van der Waals surface area contributed by atoms with E-state index in [1.807, 2.05) is 30.2 Å². The molecule has 0 bridgehead atoms. The summed E-state index contributed by atoms with van der Waals surface area (Å²) in [4.78, 5) is 0.323. The van der Waals surface area contributed by atoms with Crippen molar-refractivity contribution in [3.8, 4) is 0 Å². The maximum atomic E-state index is 12.5. The standard InChI is InChI=1S/C14H25N3O2S2/c1-10(2)17-9-14(7-12(17)8-15)21(18,19)16-11-4-5-13(6-11)20-3/h7,9-11,13,16H,4-6,8,15H2,1-3H3. The van der Waals surface area contributed by atoms with Gasteiger partial charge >= 0.3 is 0 Å². The second-order valence-corrected chi connectivity index (χ2v) is 8.71. The van der Waals surface area contributed by atoms with Gasteiger partial charge in [-0.2, -0.15) is 11.8 Å². The first-order valence-corrected chi connectivity index (χ1v) is 10.1. The van der Waals surface area contributed by atoms with E-state index in [4.69, 9.17) is 5.73 Å². The minimum Gasteiger partial charge on any atom is -0.346 e. The summed E-state index contributed by atoms with van der Waals surface area (Å²) in [5, 5.41) is 0.567. The molecule has 21 heavy (non-hydrogen) atoms. The first-order valence-electron chi connectivity index (χ1n) is 7.33. The van der Waals surface area contributed by atoms with Gasteiger partial charge in [-0.15, -0.1) is 0 Å². The molecule has 0 radical (unpaired) electrons. The van der Waals surface area contributed by atoms with E-state index in [1.165, 1.54) is 0 Å². The molecule has 2 unspecified atom stereocenters. The highest BCUT2D eigenvalue weighted by molar-refractivity contribution is 7.99. The molecule has 3 N–H and O–H groups in total. The monoisotopic (exact) mass is 331 g/mol. The number of sulfonamides is 1. The summed E-state index contributed by atoms with van der Waals surface area (Å²) < 4.78 is 29.8. The molecule has 0 aromatic carbocycles. The fourth-order valence-corrected chi connectivity index (χ4v) is 4.97. The highest BCUT2D eigenvalue weighted by Gasteiger charge is 2.29. The van der Waals surface area contributed by atoms with E-state index in [0.29, 0.717) is 16.7 Å². The zero-order valence-electron chi connectivity index (χ0n) is 12.9. The Hall–Kier alpha value is -0.500. The molecule has 0 saturated heterocycles. The summed E-state index contributed by atoms with van der Waals surface area (Å²) in [5.74, 6) is 0. The van der Waals surface area contributed by atoms with Crippen molar-refractivity contribution in [1.29, 1.82) is 0 Å². The zero-order valence-corrected chi connectivity index (χ0v) is 14.5. The first-order chi connectivity index (χ1) is 9.87. The Kier molecular flexibility index (Phi) is 5.40. The molecule has 1 aliphatic carbocycles. The highest BCUT2D eigenvalue weighted by Crippen LogP contribution is 2.29. The topological polar surface area (TPSA) is 77.1 Å². The molecule has 1 fully saturated rings. The third kappa shape index (κ3) is 3.83. The molecule has 2 atom stereocenters. The molecule has 1 aliphatic rings. The first kappa shape index (κ1) is 16.9. The predicted octanol–water partition coefficient (Wildman–Crippen LogP) is 2.09. The van der Waals surface area contributed by atoms with Gasteiger partial charge in [0.1, 0.15) is 0 Å². The third-order valence-electron chi connectivity index (χ3n) is 4.02. The molecule has 1 heterocycles. The normalized spacial score (nSPS) is 23.1. The van der Waals surface area contributed by atoms with Gasteiger partial charge in [-0.3, -0.25) is 0 Å². The lowest BCUT2D eigenvalue weighted by atomic mass is 10.3. The van der Waals surface area contributed by atoms with Gasteiger partial charge in [-0.1, -0.05) is 0 Å². The van der Waals surface area contributed by atoms with Gasteiger partial charge in [-0.25, -0.2) is 13.1 Å². The lowest BCUT2D eigenvalue weighted by Gasteiger charge is -2.12. The maximum absolute atomic E-state index is 12.5. The van der Waals surface area contributed by atoms with Gasteiger partial charge in [0, 0.05) is 35.8 Å². The summed E-state index contributed by atoms with van der Waals surface area (Å²) in [5.41, 5.74) is 6.55. The Morgan fingerprint density at radius 3 is 2.67 bits per heavy atom. The van der Waals surface area contributed by atoms with Crippen molar-refractivity contribution in [3.05, 3.63) is 18.0 Å². The van der Waals surface area contributed by atoms with Crippen molar-refractivity contribution in [2.45, 2.75) is 61.9 Å². The zero-order chi connectivity index (χ0) is 15.6. The van der Waals surface area contributed by atoms with Gasteiger partial charge in [0.2, 0.25) is 10.0 Å². The lowest BCUT2D eigenvalue weighted by Crippen LogP contribution is -2.33. The van der Waals surface area contributed by atoms with Crippen molar-refractivity contribution in [1.82, 2.24) is 9.29 Å². The summed E-state index contributed by atoms with van der Waals surface area (Å²) in [6.45, 7) is 4.37. The van der Waals surface area contributed by atoms with Crippen LogP contribution < -0.4 is 10.5 Å². The minimum absolute atomic E-state index is 0.0520. The van der Waals surface area contributed by atoms with Gasteiger partial charge in [-0.05, 0) is 45.4 Å². The largest absolute Gasteiger partial charge is 0.346 e. The van der Waals surface area contributed by atoms with Crippen LogP contribution in [0, 0.1) is 0 Å². The molecule has 5 nitrogen and oxygen atoms in total. The van der Waals surface area contributed by atoms with E-state index >= 15 is 0 Å². The van der Waals surface area contributed by atoms with E-state index in [-0.39, 0.29) is 12.1 Å². The van der Waals surface area contributed by atoms with Crippen LogP contribution in [-0.2, 0) is 16.6 Å². The molecule has 2 rings (SSSR count). The third-order valence-corrected chi connectivity index (χ3v) is 6.60. The second-order valence-electron chi connectivity index (χ2n) is 5.86. The van der Waals surface area contributed by atoms with Crippen LogP contribution in [0.5, 0.6) is 0 Å². The fraction of sp³-hybridized carbons (Fsp3) is 0.714. The van der Waals surface area contributed by atoms with E-state index in [2.05, 4.69) is 11.0 Å². The molecule has 0 spiro atoms. The molecule has 7 heteroatoms. The summed E-state index contributed by atoms with van der Waals surface area (Å²) in [6.07, 6.45) is 6.68. The molecular weight excluding hydrogens is 306 g/mol. The molecule has 1 saturated carbocycles. The van der Waals surface area contributed by atoms with Crippen LogP contribution >= 0.6 is 11.8 Å².